The predicted molar refractivity (Wildman–Crippen MR) is 67.6 cm³/mol. The molecule has 2 rings (SSSR count). The van der Waals surface area contributed by atoms with Crippen LogP contribution in [-0.2, 0) is 11.8 Å². The third-order valence-corrected chi connectivity index (χ3v) is 3.06. The molecule has 1 aromatic rings. The molecule has 5 heteroatoms. The van der Waals surface area contributed by atoms with E-state index >= 15 is 0 Å². The zero-order valence-electron chi connectivity index (χ0n) is 10.9. The fourth-order valence-electron chi connectivity index (χ4n) is 2.27. The molecule has 2 unspecified atom stereocenters. The topological polar surface area (TPSA) is 51.5 Å². The number of hydrogen-bond acceptors (Lipinski definition) is 3. The van der Waals surface area contributed by atoms with Gasteiger partial charge in [0.05, 0.1) is 12.2 Å². The Morgan fingerprint density at radius 2 is 1.94 bits per heavy atom. The van der Waals surface area contributed by atoms with Crippen molar-refractivity contribution in [1.82, 2.24) is 9.47 Å². The summed E-state index contributed by atoms with van der Waals surface area (Å²) in [6.07, 6.45) is 1.65. The monoisotopic (exact) mass is 250 g/mol. The molecule has 1 amide bonds. The van der Waals surface area contributed by atoms with E-state index in [-0.39, 0.29) is 29.2 Å². The van der Waals surface area contributed by atoms with Gasteiger partial charge >= 0.3 is 0 Å². The highest BCUT2D eigenvalue weighted by Gasteiger charge is 2.27. The second-order valence-corrected chi connectivity index (χ2v) is 4.81. The van der Waals surface area contributed by atoms with E-state index < -0.39 is 0 Å². The SMILES string of the molecule is CC1CN(C(=O)c2cccn(C)c2=O)CC(C)O1. The van der Waals surface area contributed by atoms with Crippen molar-refractivity contribution in [3.05, 3.63) is 34.2 Å². The number of aromatic nitrogens is 1. The molecule has 5 nitrogen and oxygen atoms in total. The van der Waals surface area contributed by atoms with Gasteiger partial charge in [-0.3, -0.25) is 9.59 Å². The van der Waals surface area contributed by atoms with E-state index in [4.69, 9.17) is 4.74 Å². The molecule has 2 atom stereocenters. The summed E-state index contributed by atoms with van der Waals surface area (Å²) in [5.41, 5.74) is -0.0319. The van der Waals surface area contributed by atoms with E-state index in [1.807, 2.05) is 13.8 Å². The maximum Gasteiger partial charge on any atom is 0.263 e. The maximum absolute atomic E-state index is 12.3. The van der Waals surface area contributed by atoms with Gasteiger partial charge in [0.25, 0.3) is 11.5 Å². The Morgan fingerprint density at radius 3 is 2.56 bits per heavy atom. The van der Waals surface area contributed by atoms with Crippen LogP contribution < -0.4 is 5.56 Å². The second-order valence-electron chi connectivity index (χ2n) is 4.81. The lowest BCUT2D eigenvalue weighted by molar-refractivity contribution is -0.0586. The number of carbonyl (C=O) groups excluding carboxylic acids is 1. The van der Waals surface area contributed by atoms with Crippen molar-refractivity contribution in [2.24, 2.45) is 7.05 Å². The van der Waals surface area contributed by atoms with Crippen LogP contribution in [0.4, 0.5) is 0 Å². The summed E-state index contributed by atoms with van der Waals surface area (Å²) in [5.74, 6) is -0.210. The highest BCUT2D eigenvalue weighted by atomic mass is 16.5. The van der Waals surface area contributed by atoms with Crippen molar-refractivity contribution >= 4 is 5.91 Å². The molecule has 1 aliphatic rings. The number of hydrogen-bond donors (Lipinski definition) is 0. The van der Waals surface area contributed by atoms with E-state index in [0.717, 1.165) is 0 Å². The van der Waals surface area contributed by atoms with Crippen molar-refractivity contribution < 1.29 is 9.53 Å². The minimum absolute atomic E-state index is 0.00487. The van der Waals surface area contributed by atoms with Crippen LogP contribution in [-0.4, -0.2) is 40.7 Å². The zero-order valence-corrected chi connectivity index (χ0v) is 10.9. The summed E-state index contributed by atoms with van der Waals surface area (Å²) in [6, 6.07) is 3.29. The Bertz CT molecular complexity index is 499. The van der Waals surface area contributed by atoms with E-state index in [1.54, 1.807) is 30.3 Å². The smallest absolute Gasteiger partial charge is 0.263 e. The van der Waals surface area contributed by atoms with Crippen LogP contribution in [0.3, 0.4) is 0 Å². The summed E-state index contributed by atoms with van der Waals surface area (Å²) in [6.45, 7) is 4.92. The summed E-state index contributed by atoms with van der Waals surface area (Å²) in [7, 11) is 1.64. The number of nitrogens with zero attached hydrogens (tertiary/aromatic N) is 2. The van der Waals surface area contributed by atoms with Crippen molar-refractivity contribution in [3.63, 3.8) is 0 Å². The molecule has 0 saturated carbocycles. The number of rotatable bonds is 1. The molecule has 0 bridgehead atoms. The summed E-state index contributed by atoms with van der Waals surface area (Å²) >= 11 is 0. The summed E-state index contributed by atoms with van der Waals surface area (Å²) in [5, 5.41) is 0. The second kappa shape index (κ2) is 4.94. The van der Waals surface area contributed by atoms with E-state index in [9.17, 15) is 9.59 Å². The zero-order chi connectivity index (χ0) is 13.3. The molecule has 1 aliphatic heterocycles. The lowest BCUT2D eigenvalue weighted by Gasteiger charge is -2.35. The van der Waals surface area contributed by atoms with Gasteiger partial charge in [0.15, 0.2) is 0 Å². The van der Waals surface area contributed by atoms with Gasteiger partial charge in [-0.05, 0) is 26.0 Å². The number of carbonyl (C=O) groups is 1. The first-order valence-electron chi connectivity index (χ1n) is 6.09. The minimum Gasteiger partial charge on any atom is -0.372 e. The third-order valence-electron chi connectivity index (χ3n) is 3.06. The first kappa shape index (κ1) is 12.8. The van der Waals surface area contributed by atoms with Gasteiger partial charge in [-0.15, -0.1) is 0 Å². The minimum atomic E-state index is -0.255. The number of ether oxygens (including phenoxy) is 1. The van der Waals surface area contributed by atoms with Crippen molar-refractivity contribution in [3.8, 4) is 0 Å². The van der Waals surface area contributed by atoms with Gasteiger partial charge < -0.3 is 14.2 Å². The first-order chi connectivity index (χ1) is 8.49. The van der Waals surface area contributed by atoms with E-state index in [1.165, 1.54) is 4.57 Å². The first-order valence-corrected chi connectivity index (χ1v) is 6.09. The molecule has 0 aliphatic carbocycles. The molecule has 1 aromatic heterocycles. The van der Waals surface area contributed by atoms with E-state index in [0.29, 0.717) is 13.1 Å². The van der Waals surface area contributed by atoms with Gasteiger partial charge in [0.2, 0.25) is 0 Å². The summed E-state index contributed by atoms with van der Waals surface area (Å²) in [4.78, 5) is 25.9. The lowest BCUT2D eigenvalue weighted by atomic mass is 10.2. The third kappa shape index (κ3) is 2.46. The Labute approximate surface area is 106 Å². The van der Waals surface area contributed by atoms with Crippen molar-refractivity contribution in [1.29, 1.82) is 0 Å². The molecule has 1 saturated heterocycles. The average Bonchev–Trinajstić information content (AvgIpc) is 2.30. The molecule has 0 radical (unpaired) electrons. The Balaban J connectivity index is 2.26. The quantitative estimate of drug-likeness (QED) is 0.734. The van der Waals surface area contributed by atoms with Crippen LogP contribution >= 0.6 is 0 Å². The van der Waals surface area contributed by atoms with Crippen molar-refractivity contribution in [2.45, 2.75) is 26.1 Å². The van der Waals surface area contributed by atoms with Gasteiger partial charge in [-0.25, -0.2) is 0 Å². The predicted octanol–water partition coefficient (Wildman–Crippen LogP) is 0.635. The Hall–Kier alpha value is -1.62. The van der Waals surface area contributed by atoms with Crippen LogP contribution in [0.5, 0.6) is 0 Å². The number of morpholine rings is 1. The molecule has 1 fully saturated rings. The van der Waals surface area contributed by atoms with Crippen LogP contribution in [0.15, 0.2) is 23.1 Å². The molecule has 18 heavy (non-hydrogen) atoms. The van der Waals surface area contributed by atoms with Gasteiger partial charge in [-0.1, -0.05) is 0 Å². The Morgan fingerprint density at radius 1 is 1.33 bits per heavy atom. The van der Waals surface area contributed by atoms with E-state index in [2.05, 4.69) is 0 Å². The van der Waals surface area contributed by atoms with Crippen LogP contribution in [0.1, 0.15) is 24.2 Å². The molecular weight excluding hydrogens is 232 g/mol. The fraction of sp³-hybridized carbons (Fsp3) is 0.538. The molecule has 98 valence electrons. The average molecular weight is 250 g/mol. The molecule has 0 aromatic carbocycles. The maximum atomic E-state index is 12.3. The molecule has 2 heterocycles. The van der Waals surface area contributed by atoms with Crippen LogP contribution in [0, 0.1) is 0 Å². The van der Waals surface area contributed by atoms with Gasteiger partial charge in [-0.2, -0.15) is 0 Å². The number of aryl methyl sites for hydroxylation is 1. The normalized spacial score (nSPS) is 24.1. The van der Waals surface area contributed by atoms with Gasteiger partial charge in [0, 0.05) is 26.3 Å². The standard InChI is InChI=1S/C13H18N2O3/c1-9-7-15(8-10(2)18-9)13(17)11-5-4-6-14(3)12(11)16/h4-6,9-10H,7-8H2,1-3H3. The number of pyridine rings is 1. The lowest BCUT2D eigenvalue weighted by Crippen LogP contribution is -2.49. The molecular formula is C13H18N2O3. The summed E-state index contributed by atoms with van der Waals surface area (Å²) < 4.78 is 7.00. The number of amides is 1. The Kier molecular flexibility index (Phi) is 3.52. The van der Waals surface area contributed by atoms with Crippen LogP contribution in [0.2, 0.25) is 0 Å². The largest absolute Gasteiger partial charge is 0.372 e. The molecule has 0 spiro atoms. The molecule has 0 N–H and O–H groups in total. The van der Waals surface area contributed by atoms with Crippen molar-refractivity contribution in [2.75, 3.05) is 13.1 Å². The fourth-order valence-corrected chi connectivity index (χ4v) is 2.27. The van der Waals surface area contributed by atoms with Gasteiger partial charge in [0.1, 0.15) is 5.56 Å². The van der Waals surface area contributed by atoms with Crippen LogP contribution in [0.25, 0.3) is 0 Å². The highest BCUT2D eigenvalue weighted by molar-refractivity contribution is 5.93. The highest BCUT2D eigenvalue weighted by Crippen LogP contribution is 2.12.